The molecule has 140 valence electrons. The van der Waals surface area contributed by atoms with Gasteiger partial charge >= 0.3 is 0 Å². The molecule has 7 heteroatoms. The van der Waals surface area contributed by atoms with Gasteiger partial charge in [-0.1, -0.05) is 42.1 Å². The Kier molecular flexibility index (Phi) is 6.49. The maximum atomic E-state index is 11.0. The highest BCUT2D eigenvalue weighted by molar-refractivity contribution is 7.99. The van der Waals surface area contributed by atoms with Gasteiger partial charge in [0.15, 0.2) is 5.16 Å². The van der Waals surface area contributed by atoms with Crippen molar-refractivity contribution in [3.8, 4) is 11.4 Å². The molecule has 2 N–H and O–H groups in total. The van der Waals surface area contributed by atoms with Crippen LogP contribution in [0.4, 0.5) is 0 Å². The normalized spacial score (nSPS) is 10.7. The highest BCUT2D eigenvalue weighted by Gasteiger charge is 2.15. The van der Waals surface area contributed by atoms with E-state index in [1.54, 1.807) is 0 Å². The lowest BCUT2D eigenvalue weighted by Crippen LogP contribution is -2.11. The maximum absolute atomic E-state index is 11.0. The number of benzene rings is 2. The molecule has 0 atom stereocenters. The number of nitrogens with zero attached hydrogens (tertiary/aromatic N) is 3. The van der Waals surface area contributed by atoms with Crippen molar-refractivity contribution in [3.05, 3.63) is 66.0 Å². The van der Waals surface area contributed by atoms with Crippen molar-refractivity contribution in [2.45, 2.75) is 24.9 Å². The first-order valence-electron chi connectivity index (χ1n) is 8.80. The fourth-order valence-electron chi connectivity index (χ4n) is 2.65. The van der Waals surface area contributed by atoms with Gasteiger partial charge in [0.2, 0.25) is 5.91 Å². The Bertz CT molecular complexity index is 879. The third-order valence-corrected chi connectivity index (χ3v) is 4.82. The molecule has 0 unspecified atom stereocenters. The molecule has 0 aliphatic heterocycles. The number of ether oxygens (including phenoxy) is 1. The van der Waals surface area contributed by atoms with Crippen molar-refractivity contribution in [2.24, 2.45) is 5.73 Å². The second-order valence-corrected chi connectivity index (χ2v) is 6.95. The second kappa shape index (κ2) is 9.23. The summed E-state index contributed by atoms with van der Waals surface area (Å²) in [4.78, 5) is 11.0. The monoisotopic (exact) mass is 382 g/mol. The molecular weight excluding hydrogens is 360 g/mol. The molecule has 1 heterocycles. The van der Waals surface area contributed by atoms with Gasteiger partial charge in [-0.25, -0.2) is 0 Å². The largest absolute Gasteiger partial charge is 0.494 e. The maximum Gasteiger partial charge on any atom is 0.218 e. The zero-order valence-corrected chi connectivity index (χ0v) is 16.0. The smallest absolute Gasteiger partial charge is 0.218 e. The van der Waals surface area contributed by atoms with Gasteiger partial charge in [-0.15, -0.1) is 10.2 Å². The van der Waals surface area contributed by atoms with Gasteiger partial charge in [-0.3, -0.25) is 9.36 Å². The van der Waals surface area contributed by atoms with Gasteiger partial charge in [-0.2, -0.15) is 0 Å². The van der Waals surface area contributed by atoms with Crippen molar-refractivity contribution < 1.29 is 9.53 Å². The molecule has 0 aliphatic rings. The first kappa shape index (κ1) is 19.0. The molecule has 0 aliphatic carbocycles. The van der Waals surface area contributed by atoms with Crippen LogP contribution in [0.25, 0.3) is 5.69 Å². The number of nitrogens with two attached hydrogens (primary N) is 1. The number of amides is 1. The summed E-state index contributed by atoms with van der Waals surface area (Å²) in [7, 11) is 0. The van der Waals surface area contributed by atoms with Gasteiger partial charge in [0.1, 0.15) is 11.6 Å². The van der Waals surface area contributed by atoms with Crippen LogP contribution in [0.15, 0.2) is 59.8 Å². The zero-order chi connectivity index (χ0) is 19.1. The van der Waals surface area contributed by atoms with Crippen molar-refractivity contribution >= 4 is 17.7 Å². The van der Waals surface area contributed by atoms with Crippen LogP contribution in [0.5, 0.6) is 5.75 Å². The van der Waals surface area contributed by atoms with Crippen molar-refractivity contribution in [1.82, 2.24) is 14.8 Å². The van der Waals surface area contributed by atoms with Crippen LogP contribution in [0, 0.1) is 0 Å². The molecule has 2 aromatic carbocycles. The summed E-state index contributed by atoms with van der Waals surface area (Å²) >= 11 is 1.47. The predicted octanol–water partition coefficient (Wildman–Crippen LogP) is 3.22. The van der Waals surface area contributed by atoms with Gasteiger partial charge < -0.3 is 10.5 Å². The highest BCUT2D eigenvalue weighted by atomic mass is 32.2. The number of carbonyl (C=O) groups is 1. The summed E-state index contributed by atoms with van der Waals surface area (Å²) in [5, 5.41) is 9.47. The van der Waals surface area contributed by atoms with E-state index in [1.807, 2.05) is 54.0 Å². The lowest BCUT2D eigenvalue weighted by molar-refractivity contribution is -0.117. The minimum atomic E-state index is -0.320. The molecule has 0 bridgehead atoms. The van der Waals surface area contributed by atoms with Gasteiger partial charge in [0, 0.05) is 24.3 Å². The summed E-state index contributed by atoms with van der Waals surface area (Å²) < 4.78 is 7.55. The van der Waals surface area contributed by atoms with Crippen molar-refractivity contribution in [1.29, 1.82) is 0 Å². The number of hydrogen-bond acceptors (Lipinski definition) is 5. The molecule has 6 nitrogen and oxygen atoms in total. The van der Waals surface area contributed by atoms with Gasteiger partial charge in [-0.05, 0) is 36.8 Å². The van der Waals surface area contributed by atoms with E-state index in [0.29, 0.717) is 25.2 Å². The summed E-state index contributed by atoms with van der Waals surface area (Å²) in [6, 6.07) is 18.0. The Balaban J connectivity index is 1.90. The molecular formula is C20H22N4O2S. The van der Waals surface area contributed by atoms with Crippen LogP contribution < -0.4 is 10.5 Å². The van der Waals surface area contributed by atoms with E-state index in [-0.39, 0.29) is 5.91 Å². The summed E-state index contributed by atoms with van der Waals surface area (Å²) in [5.74, 6) is 1.91. The molecule has 0 spiro atoms. The van der Waals surface area contributed by atoms with Crippen molar-refractivity contribution in [3.63, 3.8) is 0 Å². The molecule has 1 amide bonds. The molecule has 1 aromatic heterocycles. The topological polar surface area (TPSA) is 83.0 Å². The molecule has 0 saturated carbocycles. The second-order valence-electron chi connectivity index (χ2n) is 5.89. The molecule has 0 radical (unpaired) electrons. The number of hydrogen-bond donors (Lipinski definition) is 1. The number of carbonyl (C=O) groups excluding carboxylic acids is 1. The number of thioether (sulfide) groups is 1. The molecule has 3 aromatic rings. The Morgan fingerprint density at radius 2 is 1.85 bits per heavy atom. The first-order chi connectivity index (χ1) is 13.2. The molecule has 0 fully saturated rings. The van der Waals surface area contributed by atoms with Gasteiger partial charge in [0.25, 0.3) is 0 Å². The minimum Gasteiger partial charge on any atom is -0.494 e. The average Bonchev–Trinajstić information content (AvgIpc) is 3.06. The molecule has 27 heavy (non-hydrogen) atoms. The lowest BCUT2D eigenvalue weighted by Gasteiger charge is -2.11. The fraction of sp³-hybridized carbons (Fsp3) is 0.250. The number of rotatable bonds is 9. The van der Waals surface area contributed by atoms with E-state index in [2.05, 4.69) is 22.3 Å². The van der Waals surface area contributed by atoms with Crippen LogP contribution in [0.1, 0.15) is 24.7 Å². The van der Waals surface area contributed by atoms with Crippen LogP contribution in [-0.2, 0) is 11.2 Å². The van der Waals surface area contributed by atoms with E-state index >= 15 is 0 Å². The summed E-state index contributed by atoms with van der Waals surface area (Å²) in [6.07, 6.45) is 0.965. The van der Waals surface area contributed by atoms with Crippen LogP contribution >= 0.6 is 11.8 Å². The summed E-state index contributed by atoms with van der Waals surface area (Å²) in [5.41, 5.74) is 7.36. The van der Waals surface area contributed by atoms with E-state index in [0.717, 1.165) is 28.0 Å². The third kappa shape index (κ3) is 5.10. The average molecular weight is 382 g/mol. The van der Waals surface area contributed by atoms with Gasteiger partial charge in [0.05, 0.1) is 6.61 Å². The van der Waals surface area contributed by atoms with Crippen molar-refractivity contribution in [2.75, 3.05) is 12.4 Å². The summed E-state index contributed by atoms with van der Waals surface area (Å²) in [6.45, 7) is 2.58. The minimum absolute atomic E-state index is 0.300. The third-order valence-electron chi connectivity index (χ3n) is 3.89. The quantitative estimate of drug-likeness (QED) is 0.575. The number of aromatic nitrogens is 3. The van der Waals surface area contributed by atoms with Crippen LogP contribution in [0.3, 0.4) is 0 Å². The Hall–Kier alpha value is -2.80. The first-order valence-corrected chi connectivity index (χ1v) is 9.78. The number of primary amides is 1. The Morgan fingerprint density at radius 3 is 2.52 bits per heavy atom. The van der Waals surface area contributed by atoms with Crippen LogP contribution in [0.2, 0.25) is 0 Å². The van der Waals surface area contributed by atoms with E-state index < -0.39 is 0 Å². The Labute approximate surface area is 162 Å². The lowest BCUT2D eigenvalue weighted by atomic mass is 10.1. The van der Waals surface area contributed by atoms with E-state index in [4.69, 9.17) is 10.5 Å². The van der Waals surface area contributed by atoms with E-state index in [9.17, 15) is 4.79 Å². The molecule has 0 saturated heterocycles. The molecule has 3 rings (SSSR count). The van der Waals surface area contributed by atoms with Crippen LogP contribution in [-0.4, -0.2) is 33.0 Å². The SMILES string of the molecule is CCOc1ccc(-n2c(Cc3ccccc3)nnc2SCCC(N)=O)cc1. The predicted molar refractivity (Wildman–Crippen MR) is 106 cm³/mol. The highest BCUT2D eigenvalue weighted by Crippen LogP contribution is 2.25. The standard InChI is InChI=1S/C20H22N4O2S/c1-2-26-17-10-8-16(9-11-17)24-19(14-15-6-4-3-5-7-15)22-23-20(24)27-13-12-18(21)25/h3-11H,2,12-14H2,1H3,(H2,21,25). The fourth-order valence-corrected chi connectivity index (χ4v) is 3.57. The van der Waals surface area contributed by atoms with E-state index in [1.165, 1.54) is 11.8 Å². The Morgan fingerprint density at radius 1 is 1.11 bits per heavy atom. The zero-order valence-electron chi connectivity index (χ0n) is 15.2.